The molecule has 4 aromatic rings. The number of nitrogens with zero attached hydrogens (tertiary/aromatic N) is 6. The lowest BCUT2D eigenvalue weighted by Gasteiger charge is -2.21. The van der Waals surface area contributed by atoms with Crippen LogP contribution >= 0.6 is 0 Å². The van der Waals surface area contributed by atoms with Gasteiger partial charge in [-0.3, -0.25) is 0 Å². The Morgan fingerprint density at radius 2 is 1.91 bits per heavy atom. The Kier molecular flexibility index (Phi) is 4.99. The van der Waals surface area contributed by atoms with Crippen LogP contribution < -0.4 is 4.74 Å². The summed E-state index contributed by atoms with van der Waals surface area (Å²) in [6.45, 7) is 2.29. The summed E-state index contributed by atoms with van der Waals surface area (Å²) in [7, 11) is 1.51. The molecule has 0 unspecified atom stereocenters. The van der Waals surface area contributed by atoms with Crippen LogP contribution in [0.4, 0.5) is 13.2 Å². The summed E-state index contributed by atoms with van der Waals surface area (Å²) in [5, 5.41) is 4.51. The zero-order valence-corrected chi connectivity index (χ0v) is 17.8. The van der Waals surface area contributed by atoms with Gasteiger partial charge in [-0.1, -0.05) is 30.4 Å². The van der Waals surface area contributed by atoms with Gasteiger partial charge in [-0.05, 0) is 30.7 Å². The van der Waals surface area contributed by atoms with Crippen molar-refractivity contribution in [1.29, 1.82) is 0 Å². The number of rotatable bonds is 4. The van der Waals surface area contributed by atoms with Crippen molar-refractivity contribution in [1.82, 2.24) is 29.3 Å². The van der Waals surface area contributed by atoms with E-state index in [1.54, 1.807) is 39.9 Å². The minimum absolute atomic E-state index is 0.137. The number of ether oxygens (including phenoxy) is 1. The molecule has 168 valence electrons. The van der Waals surface area contributed by atoms with Gasteiger partial charge in [0.15, 0.2) is 5.82 Å². The molecule has 0 aliphatic carbocycles. The molecule has 10 heteroatoms. The molecule has 7 nitrogen and oxygen atoms in total. The van der Waals surface area contributed by atoms with Crippen molar-refractivity contribution in [2.45, 2.75) is 25.6 Å². The minimum atomic E-state index is -4.47. The van der Waals surface area contributed by atoms with E-state index in [0.29, 0.717) is 35.5 Å². The molecule has 1 atom stereocenters. The van der Waals surface area contributed by atoms with Crippen molar-refractivity contribution in [3.05, 3.63) is 83.7 Å². The number of aryl methyl sites for hydroxylation is 1. The Morgan fingerprint density at radius 1 is 1.09 bits per heavy atom. The lowest BCUT2D eigenvalue weighted by atomic mass is 9.91. The first-order chi connectivity index (χ1) is 15.8. The zero-order valence-electron chi connectivity index (χ0n) is 17.8. The summed E-state index contributed by atoms with van der Waals surface area (Å²) in [6.07, 6.45) is 2.57. The Bertz CT molecular complexity index is 1350. The molecule has 0 radical (unpaired) electrons. The van der Waals surface area contributed by atoms with Crippen LogP contribution in [-0.4, -0.2) is 36.4 Å². The monoisotopic (exact) mass is 452 g/mol. The van der Waals surface area contributed by atoms with E-state index in [0.717, 1.165) is 11.8 Å². The van der Waals surface area contributed by atoms with Crippen molar-refractivity contribution in [2.75, 3.05) is 7.11 Å². The van der Waals surface area contributed by atoms with Gasteiger partial charge in [0.25, 0.3) is 0 Å². The van der Waals surface area contributed by atoms with E-state index < -0.39 is 17.7 Å². The Hall–Kier alpha value is -3.95. The van der Waals surface area contributed by atoms with Crippen LogP contribution in [0.2, 0.25) is 0 Å². The highest BCUT2D eigenvalue weighted by molar-refractivity contribution is 5.56. The number of halogens is 3. The van der Waals surface area contributed by atoms with Crippen molar-refractivity contribution >= 4 is 0 Å². The van der Waals surface area contributed by atoms with Crippen molar-refractivity contribution in [2.24, 2.45) is 0 Å². The second-order valence-electron chi connectivity index (χ2n) is 7.61. The number of aromatic nitrogens is 6. The molecular formula is C23H19F3N6O. The first-order valence-corrected chi connectivity index (χ1v) is 10.2. The molecule has 0 amide bonds. The number of methoxy groups -OCH3 is 1. The maximum absolute atomic E-state index is 13.6. The van der Waals surface area contributed by atoms with E-state index in [2.05, 4.69) is 20.1 Å². The maximum atomic E-state index is 13.6. The van der Waals surface area contributed by atoms with E-state index >= 15 is 0 Å². The van der Waals surface area contributed by atoms with Gasteiger partial charge in [-0.25, -0.2) is 19.6 Å². The van der Waals surface area contributed by atoms with E-state index in [9.17, 15) is 13.2 Å². The number of hydrogen-bond acceptors (Lipinski definition) is 5. The summed E-state index contributed by atoms with van der Waals surface area (Å²) in [5.74, 6) is 0.428. The minimum Gasteiger partial charge on any atom is -0.479 e. The molecule has 0 spiro atoms. The molecule has 5 rings (SSSR count). The first kappa shape index (κ1) is 20.9. The van der Waals surface area contributed by atoms with Gasteiger partial charge >= 0.3 is 6.18 Å². The maximum Gasteiger partial charge on any atom is 0.416 e. The molecule has 0 fully saturated rings. The molecule has 33 heavy (non-hydrogen) atoms. The average molecular weight is 452 g/mol. The van der Waals surface area contributed by atoms with Crippen LogP contribution in [0.5, 0.6) is 5.88 Å². The molecule has 4 heterocycles. The van der Waals surface area contributed by atoms with Crippen LogP contribution in [0.1, 0.15) is 28.6 Å². The number of benzene rings is 1. The van der Waals surface area contributed by atoms with Crippen molar-refractivity contribution in [3.63, 3.8) is 0 Å². The van der Waals surface area contributed by atoms with Crippen molar-refractivity contribution < 1.29 is 17.9 Å². The fourth-order valence-electron chi connectivity index (χ4n) is 3.94. The quantitative estimate of drug-likeness (QED) is 0.425. The number of allylic oxidation sites excluding steroid dienone is 2. The third-order valence-corrected chi connectivity index (χ3v) is 5.44. The van der Waals surface area contributed by atoms with Crippen molar-refractivity contribution in [3.8, 4) is 23.1 Å². The van der Waals surface area contributed by atoms with Gasteiger partial charge in [0.1, 0.15) is 17.2 Å². The lowest BCUT2D eigenvalue weighted by molar-refractivity contribution is -0.138. The van der Waals surface area contributed by atoms with Crippen LogP contribution in [-0.2, 0) is 12.7 Å². The summed E-state index contributed by atoms with van der Waals surface area (Å²) in [4.78, 5) is 13.3. The SMILES string of the molecule is COc1nc(-c2nc3n(n2)CC=C[C@H]3c2ccccc2C(F)(F)F)ccc1-n1cnc(C)c1. The molecule has 1 aliphatic heterocycles. The lowest BCUT2D eigenvalue weighted by Crippen LogP contribution is -2.17. The van der Waals surface area contributed by atoms with Crippen LogP contribution in [0, 0.1) is 6.92 Å². The molecule has 1 aliphatic rings. The molecule has 3 aromatic heterocycles. The van der Waals surface area contributed by atoms with E-state index in [-0.39, 0.29) is 5.56 Å². The average Bonchev–Trinajstić information content (AvgIpc) is 3.44. The second-order valence-corrected chi connectivity index (χ2v) is 7.61. The molecule has 0 bridgehead atoms. The predicted molar refractivity (Wildman–Crippen MR) is 114 cm³/mol. The van der Waals surface area contributed by atoms with Gasteiger partial charge in [0, 0.05) is 6.20 Å². The Balaban J connectivity index is 1.55. The number of pyridine rings is 1. The van der Waals surface area contributed by atoms with Gasteiger partial charge in [-0.2, -0.15) is 13.2 Å². The number of fused-ring (bicyclic) bond motifs is 1. The zero-order chi connectivity index (χ0) is 23.2. The number of alkyl halides is 3. The smallest absolute Gasteiger partial charge is 0.416 e. The molecule has 0 saturated heterocycles. The van der Waals surface area contributed by atoms with E-state index in [1.807, 2.05) is 19.2 Å². The third kappa shape index (κ3) is 3.77. The summed E-state index contributed by atoms with van der Waals surface area (Å²) < 4.78 is 49.7. The largest absolute Gasteiger partial charge is 0.479 e. The highest BCUT2D eigenvalue weighted by atomic mass is 19.4. The highest BCUT2D eigenvalue weighted by Crippen LogP contribution is 2.39. The summed E-state index contributed by atoms with van der Waals surface area (Å²) >= 11 is 0. The van der Waals surface area contributed by atoms with Crippen LogP contribution in [0.25, 0.3) is 17.2 Å². The Labute approximate surface area is 187 Å². The first-order valence-electron chi connectivity index (χ1n) is 10.2. The molecule has 0 N–H and O–H groups in total. The highest BCUT2D eigenvalue weighted by Gasteiger charge is 2.36. The summed E-state index contributed by atoms with van der Waals surface area (Å²) in [6, 6.07) is 9.11. The van der Waals surface area contributed by atoms with Gasteiger partial charge < -0.3 is 9.30 Å². The van der Waals surface area contributed by atoms with Gasteiger partial charge in [0.05, 0.1) is 37.2 Å². The molecule has 1 aromatic carbocycles. The topological polar surface area (TPSA) is 70.7 Å². The Morgan fingerprint density at radius 3 is 2.64 bits per heavy atom. The second kappa shape index (κ2) is 7.88. The normalized spacial score (nSPS) is 15.5. The molecule has 0 saturated carbocycles. The van der Waals surface area contributed by atoms with Gasteiger partial charge in [0.2, 0.25) is 5.88 Å². The van der Waals surface area contributed by atoms with Crippen LogP contribution in [0.3, 0.4) is 0 Å². The standard InChI is InChI=1S/C23H19F3N6O/c1-14-12-31(13-27-14)19-10-9-18(28-22(19)33-2)20-29-21-16(7-5-11-32(21)30-20)15-6-3-4-8-17(15)23(24,25)26/h3-10,12-13,16H,11H2,1-2H3/t16-/m0/s1. The van der Waals surface area contributed by atoms with E-state index in [4.69, 9.17) is 4.74 Å². The number of hydrogen-bond donors (Lipinski definition) is 0. The van der Waals surface area contributed by atoms with E-state index in [1.165, 1.54) is 19.2 Å². The predicted octanol–water partition coefficient (Wildman–Crippen LogP) is 4.56. The fourth-order valence-corrected chi connectivity index (χ4v) is 3.94. The van der Waals surface area contributed by atoms with Gasteiger partial charge in [-0.15, -0.1) is 5.10 Å². The summed E-state index contributed by atoms with van der Waals surface area (Å²) in [5.41, 5.74) is 1.46. The fraction of sp³-hybridized carbons (Fsp3) is 0.217. The number of imidazole rings is 1. The third-order valence-electron chi connectivity index (χ3n) is 5.44. The molecular weight excluding hydrogens is 433 g/mol. The van der Waals surface area contributed by atoms with Crippen LogP contribution in [0.15, 0.2) is 61.1 Å².